The molecule has 1 atom stereocenters. The maximum absolute atomic E-state index is 10.6. The highest BCUT2D eigenvalue weighted by atomic mass is 35.5. The van der Waals surface area contributed by atoms with Gasteiger partial charge in [-0.15, -0.1) is 0 Å². The van der Waals surface area contributed by atoms with Crippen molar-refractivity contribution in [3.63, 3.8) is 0 Å². The minimum Gasteiger partial charge on any atom is -0.328 e. The zero-order valence-corrected chi connectivity index (χ0v) is 13.8. The van der Waals surface area contributed by atoms with Crippen LogP contribution < -0.4 is 10.6 Å². The third-order valence-corrected chi connectivity index (χ3v) is 3.94. The molecule has 0 bridgehead atoms. The third-order valence-electron chi connectivity index (χ3n) is 3.47. The molecule has 0 spiro atoms. The Morgan fingerprint density at radius 2 is 1.91 bits per heavy atom. The molecule has 0 aromatic heterocycles. The van der Waals surface area contributed by atoms with Crippen LogP contribution in [0, 0.1) is 0 Å². The molecular formula is C17H18Cl2N2O. The largest absolute Gasteiger partial charge is 0.328 e. The molecule has 2 N–H and O–H groups in total. The van der Waals surface area contributed by atoms with Crippen molar-refractivity contribution >= 4 is 35.3 Å². The lowest BCUT2D eigenvalue weighted by Crippen LogP contribution is -2.20. The van der Waals surface area contributed by atoms with Gasteiger partial charge >= 0.3 is 0 Å². The van der Waals surface area contributed by atoms with Gasteiger partial charge in [-0.05, 0) is 41.3 Å². The van der Waals surface area contributed by atoms with Crippen molar-refractivity contribution in [3.8, 4) is 0 Å². The first-order valence-corrected chi connectivity index (χ1v) is 7.80. The van der Waals surface area contributed by atoms with Gasteiger partial charge in [0.05, 0.1) is 0 Å². The number of hydrogen-bond donors (Lipinski definition) is 2. The van der Waals surface area contributed by atoms with Crippen LogP contribution in [0.3, 0.4) is 0 Å². The van der Waals surface area contributed by atoms with Gasteiger partial charge in [-0.1, -0.05) is 48.3 Å². The summed E-state index contributed by atoms with van der Waals surface area (Å²) in [5.74, 6) is 0.341. The van der Waals surface area contributed by atoms with E-state index in [9.17, 15) is 4.79 Å². The molecule has 3 nitrogen and oxygen atoms in total. The smallest absolute Gasteiger partial charge is 0.211 e. The molecule has 0 aliphatic carbocycles. The molecule has 1 unspecified atom stereocenters. The number of amides is 1. The van der Waals surface area contributed by atoms with Crippen LogP contribution >= 0.6 is 23.2 Å². The molecule has 0 radical (unpaired) electrons. The summed E-state index contributed by atoms with van der Waals surface area (Å²) in [4.78, 5) is 10.6. The second-order valence-electron chi connectivity index (χ2n) is 5.15. The van der Waals surface area contributed by atoms with Crippen LogP contribution in [-0.4, -0.2) is 13.0 Å². The quantitative estimate of drug-likeness (QED) is 0.733. The summed E-state index contributed by atoms with van der Waals surface area (Å²) in [6.07, 6.45) is 0.657. The predicted molar refractivity (Wildman–Crippen MR) is 92.7 cm³/mol. The number of benzene rings is 2. The Morgan fingerprint density at radius 3 is 2.64 bits per heavy atom. The predicted octanol–water partition coefficient (Wildman–Crippen LogP) is 4.46. The van der Waals surface area contributed by atoms with Crippen molar-refractivity contribution in [3.05, 3.63) is 63.6 Å². The Balaban J connectivity index is 1.94. The van der Waals surface area contributed by atoms with Crippen molar-refractivity contribution in [2.24, 2.45) is 0 Å². The molecule has 0 saturated carbocycles. The van der Waals surface area contributed by atoms with Crippen LogP contribution in [-0.2, 0) is 11.3 Å². The molecular weight excluding hydrogens is 319 g/mol. The average molecular weight is 337 g/mol. The zero-order valence-electron chi connectivity index (χ0n) is 12.3. The Morgan fingerprint density at radius 1 is 1.14 bits per heavy atom. The van der Waals surface area contributed by atoms with E-state index in [2.05, 4.69) is 23.6 Å². The molecule has 116 valence electrons. The van der Waals surface area contributed by atoms with E-state index in [1.807, 2.05) is 30.3 Å². The second-order valence-corrected chi connectivity index (χ2v) is 6.02. The zero-order chi connectivity index (χ0) is 15.9. The van der Waals surface area contributed by atoms with Crippen molar-refractivity contribution in [2.45, 2.75) is 19.4 Å². The Labute approximate surface area is 140 Å². The molecule has 1 amide bonds. The average Bonchev–Trinajstić information content (AvgIpc) is 2.49. The lowest BCUT2D eigenvalue weighted by Gasteiger charge is -2.15. The fraction of sp³-hybridized carbons (Fsp3) is 0.235. The van der Waals surface area contributed by atoms with Crippen LogP contribution in [0.5, 0.6) is 0 Å². The molecule has 0 aliphatic rings. The van der Waals surface area contributed by atoms with Gasteiger partial charge in [0, 0.05) is 28.8 Å². The van der Waals surface area contributed by atoms with Crippen LogP contribution in [0.15, 0.2) is 42.5 Å². The SMILES string of the molecule is CC(CNCc1ccc(Cl)cc1NC=O)c1cccc(Cl)c1. The van der Waals surface area contributed by atoms with Crippen LogP contribution in [0.2, 0.25) is 10.0 Å². The first-order valence-electron chi connectivity index (χ1n) is 7.05. The lowest BCUT2D eigenvalue weighted by molar-refractivity contribution is -0.105. The summed E-state index contributed by atoms with van der Waals surface area (Å²) in [6, 6.07) is 13.3. The number of carbonyl (C=O) groups excluding carboxylic acids is 1. The number of hydrogen-bond acceptors (Lipinski definition) is 2. The summed E-state index contributed by atoms with van der Waals surface area (Å²) in [5, 5.41) is 7.41. The number of carbonyl (C=O) groups is 1. The van der Waals surface area contributed by atoms with E-state index in [4.69, 9.17) is 23.2 Å². The van der Waals surface area contributed by atoms with E-state index in [1.165, 1.54) is 5.56 Å². The molecule has 0 saturated heterocycles. The lowest BCUT2D eigenvalue weighted by atomic mass is 10.0. The summed E-state index contributed by atoms with van der Waals surface area (Å²) in [5.41, 5.74) is 2.92. The highest BCUT2D eigenvalue weighted by Gasteiger charge is 2.07. The van der Waals surface area contributed by atoms with E-state index in [-0.39, 0.29) is 0 Å². The number of anilines is 1. The van der Waals surface area contributed by atoms with Crippen molar-refractivity contribution < 1.29 is 4.79 Å². The van der Waals surface area contributed by atoms with Gasteiger partial charge in [0.25, 0.3) is 0 Å². The van der Waals surface area contributed by atoms with E-state index < -0.39 is 0 Å². The Bertz CT molecular complexity index is 646. The van der Waals surface area contributed by atoms with Gasteiger partial charge < -0.3 is 10.6 Å². The topological polar surface area (TPSA) is 41.1 Å². The molecule has 22 heavy (non-hydrogen) atoms. The standard InChI is InChI=1S/C17H18Cl2N2O/c1-12(13-3-2-4-15(18)7-13)9-20-10-14-5-6-16(19)8-17(14)21-11-22/h2-8,11-12,20H,9-10H2,1H3,(H,21,22). The van der Waals surface area contributed by atoms with E-state index in [0.29, 0.717) is 23.9 Å². The van der Waals surface area contributed by atoms with E-state index >= 15 is 0 Å². The number of nitrogens with one attached hydrogen (secondary N) is 2. The summed E-state index contributed by atoms with van der Waals surface area (Å²) < 4.78 is 0. The van der Waals surface area contributed by atoms with Gasteiger partial charge in [0.2, 0.25) is 6.41 Å². The highest BCUT2D eigenvalue weighted by Crippen LogP contribution is 2.22. The minimum absolute atomic E-state index is 0.341. The van der Waals surface area contributed by atoms with Crippen molar-refractivity contribution in [1.29, 1.82) is 0 Å². The second kappa shape index (κ2) is 8.18. The first-order chi connectivity index (χ1) is 10.6. The van der Waals surface area contributed by atoms with Gasteiger partial charge in [-0.2, -0.15) is 0 Å². The van der Waals surface area contributed by atoms with Gasteiger partial charge in [-0.3, -0.25) is 4.79 Å². The number of halogens is 2. The highest BCUT2D eigenvalue weighted by molar-refractivity contribution is 6.31. The molecule has 2 aromatic carbocycles. The van der Waals surface area contributed by atoms with Crippen molar-refractivity contribution in [1.82, 2.24) is 5.32 Å². The Hall–Kier alpha value is -1.55. The molecule has 0 fully saturated rings. The van der Waals surface area contributed by atoms with Gasteiger partial charge in [0.15, 0.2) is 0 Å². The minimum atomic E-state index is 0.341. The van der Waals surface area contributed by atoms with Crippen LogP contribution in [0.25, 0.3) is 0 Å². The molecule has 5 heteroatoms. The monoisotopic (exact) mass is 336 g/mol. The fourth-order valence-electron chi connectivity index (χ4n) is 2.25. The summed E-state index contributed by atoms with van der Waals surface area (Å²) in [7, 11) is 0. The Kier molecular flexibility index (Phi) is 6.25. The normalized spacial score (nSPS) is 12.0. The summed E-state index contributed by atoms with van der Waals surface area (Å²) >= 11 is 12.0. The summed E-state index contributed by atoms with van der Waals surface area (Å²) in [6.45, 7) is 3.60. The molecule has 2 rings (SSSR count). The molecule has 0 aliphatic heterocycles. The number of rotatable bonds is 7. The third kappa shape index (κ3) is 4.73. The fourth-order valence-corrected chi connectivity index (χ4v) is 2.63. The van der Waals surface area contributed by atoms with E-state index in [0.717, 1.165) is 22.8 Å². The maximum Gasteiger partial charge on any atom is 0.211 e. The maximum atomic E-state index is 10.6. The first kappa shape index (κ1) is 16.8. The van der Waals surface area contributed by atoms with Crippen molar-refractivity contribution in [2.75, 3.05) is 11.9 Å². The van der Waals surface area contributed by atoms with Gasteiger partial charge in [-0.25, -0.2) is 0 Å². The molecule has 0 heterocycles. The van der Waals surface area contributed by atoms with Gasteiger partial charge in [0.1, 0.15) is 0 Å². The van der Waals surface area contributed by atoms with E-state index in [1.54, 1.807) is 6.07 Å². The van der Waals surface area contributed by atoms with Crippen LogP contribution in [0.4, 0.5) is 5.69 Å². The molecule has 2 aromatic rings. The van der Waals surface area contributed by atoms with Crippen LogP contribution in [0.1, 0.15) is 24.0 Å².